The SMILES string of the molecule is Cc1ccc(N(c2ccc3c(c2)oc2cc4cc5c(cc4cc23)oc2cc(N(c3ccc(C)cc3)c3ccccc3C)ccc25)c2ccccc2C)cc1. The van der Waals surface area contributed by atoms with Gasteiger partial charge in [0.15, 0.2) is 0 Å². The Bertz CT molecular complexity index is 2830. The molecule has 4 nitrogen and oxygen atoms in total. The van der Waals surface area contributed by atoms with Gasteiger partial charge in [0.25, 0.3) is 0 Å². The van der Waals surface area contributed by atoms with E-state index in [1.54, 1.807) is 0 Å². The van der Waals surface area contributed by atoms with Gasteiger partial charge in [0.05, 0.1) is 0 Å². The summed E-state index contributed by atoms with van der Waals surface area (Å²) in [7, 11) is 0. The van der Waals surface area contributed by atoms with Crippen LogP contribution in [-0.2, 0) is 0 Å². The quantitative estimate of drug-likeness (QED) is 0.173. The molecule has 0 aliphatic rings. The van der Waals surface area contributed by atoms with Crippen molar-refractivity contribution in [1.82, 2.24) is 0 Å². The molecule has 0 aliphatic heterocycles. The lowest BCUT2D eigenvalue weighted by Gasteiger charge is -2.27. The fraction of sp³-hybridized carbons (Fsp3) is 0.0800. The van der Waals surface area contributed by atoms with Crippen LogP contribution in [0.2, 0.25) is 0 Å². The Balaban J connectivity index is 1.08. The minimum absolute atomic E-state index is 0.858. The van der Waals surface area contributed by atoms with Crippen molar-refractivity contribution < 1.29 is 8.83 Å². The van der Waals surface area contributed by atoms with Gasteiger partial charge < -0.3 is 18.6 Å². The van der Waals surface area contributed by atoms with Gasteiger partial charge in [-0.1, -0.05) is 71.8 Å². The number of aryl methyl sites for hydroxylation is 4. The molecular formula is C50H38N2O2. The van der Waals surface area contributed by atoms with Crippen LogP contribution in [0.4, 0.5) is 34.1 Å². The van der Waals surface area contributed by atoms with Crippen molar-refractivity contribution >= 4 is 88.8 Å². The molecular weight excluding hydrogens is 661 g/mol. The van der Waals surface area contributed by atoms with E-state index in [0.29, 0.717) is 0 Å². The third kappa shape index (κ3) is 5.30. The second-order valence-corrected chi connectivity index (χ2v) is 14.5. The zero-order valence-electron chi connectivity index (χ0n) is 30.7. The van der Waals surface area contributed by atoms with Gasteiger partial charge in [0, 0.05) is 67.8 Å². The van der Waals surface area contributed by atoms with Gasteiger partial charge in [-0.15, -0.1) is 0 Å². The van der Waals surface area contributed by atoms with E-state index >= 15 is 0 Å². The topological polar surface area (TPSA) is 32.8 Å². The molecule has 0 amide bonds. The molecule has 0 saturated heterocycles. The Morgan fingerprint density at radius 2 is 0.704 bits per heavy atom. The maximum absolute atomic E-state index is 6.64. The summed E-state index contributed by atoms with van der Waals surface area (Å²) in [5, 5.41) is 6.59. The van der Waals surface area contributed by atoms with E-state index in [0.717, 1.165) is 88.8 Å². The van der Waals surface area contributed by atoms with Crippen LogP contribution >= 0.6 is 0 Å². The Morgan fingerprint density at radius 3 is 1.11 bits per heavy atom. The van der Waals surface area contributed by atoms with Gasteiger partial charge >= 0.3 is 0 Å². The van der Waals surface area contributed by atoms with Crippen molar-refractivity contribution in [2.24, 2.45) is 0 Å². The molecule has 0 atom stereocenters. The highest BCUT2D eigenvalue weighted by Gasteiger charge is 2.20. The van der Waals surface area contributed by atoms with Gasteiger partial charge in [0.1, 0.15) is 22.3 Å². The van der Waals surface area contributed by atoms with Crippen LogP contribution in [0.3, 0.4) is 0 Å². The molecule has 2 heterocycles. The molecule has 0 N–H and O–H groups in total. The molecule has 2 aromatic heterocycles. The van der Waals surface area contributed by atoms with Crippen molar-refractivity contribution in [2.75, 3.05) is 9.80 Å². The second-order valence-electron chi connectivity index (χ2n) is 14.5. The monoisotopic (exact) mass is 698 g/mol. The molecule has 10 aromatic rings. The molecule has 10 rings (SSSR count). The predicted octanol–water partition coefficient (Wildman–Crippen LogP) is 14.8. The molecule has 0 fully saturated rings. The number of fused-ring (bicyclic) bond motifs is 7. The number of para-hydroxylation sites is 2. The van der Waals surface area contributed by atoms with Crippen LogP contribution in [0, 0.1) is 27.7 Å². The zero-order valence-corrected chi connectivity index (χ0v) is 30.7. The Kier molecular flexibility index (Phi) is 7.34. The summed E-state index contributed by atoms with van der Waals surface area (Å²) in [6.45, 7) is 8.56. The number of nitrogens with zero attached hydrogens (tertiary/aromatic N) is 2. The van der Waals surface area contributed by atoms with Crippen LogP contribution in [-0.4, -0.2) is 0 Å². The largest absolute Gasteiger partial charge is 0.456 e. The van der Waals surface area contributed by atoms with E-state index < -0.39 is 0 Å². The molecule has 54 heavy (non-hydrogen) atoms. The molecule has 8 aromatic carbocycles. The van der Waals surface area contributed by atoms with Crippen LogP contribution in [0.15, 0.2) is 167 Å². The van der Waals surface area contributed by atoms with Gasteiger partial charge in [-0.2, -0.15) is 0 Å². The highest BCUT2D eigenvalue weighted by atomic mass is 16.3. The van der Waals surface area contributed by atoms with E-state index in [9.17, 15) is 0 Å². The smallest absolute Gasteiger partial charge is 0.137 e. The first kappa shape index (κ1) is 31.9. The molecule has 0 aliphatic carbocycles. The molecule has 260 valence electrons. The van der Waals surface area contributed by atoms with Crippen molar-refractivity contribution in [3.63, 3.8) is 0 Å². The average molecular weight is 699 g/mol. The van der Waals surface area contributed by atoms with E-state index in [1.807, 2.05) is 0 Å². The van der Waals surface area contributed by atoms with E-state index in [2.05, 4.69) is 195 Å². The maximum Gasteiger partial charge on any atom is 0.137 e. The third-order valence-corrected chi connectivity index (χ3v) is 10.8. The summed E-state index contributed by atoms with van der Waals surface area (Å²) in [5.74, 6) is 0. The zero-order chi connectivity index (χ0) is 36.5. The fourth-order valence-electron chi connectivity index (χ4n) is 7.92. The molecule has 4 heteroatoms. The van der Waals surface area contributed by atoms with Crippen molar-refractivity contribution in [1.29, 1.82) is 0 Å². The lowest BCUT2D eigenvalue weighted by atomic mass is 10.0. The van der Waals surface area contributed by atoms with E-state index in [1.165, 1.54) is 22.3 Å². The minimum Gasteiger partial charge on any atom is -0.456 e. The summed E-state index contributed by atoms with van der Waals surface area (Å²) in [4.78, 5) is 4.62. The first-order valence-corrected chi connectivity index (χ1v) is 18.5. The number of rotatable bonds is 6. The number of furan rings is 2. The van der Waals surface area contributed by atoms with Crippen molar-refractivity contribution in [2.45, 2.75) is 27.7 Å². The highest BCUT2D eigenvalue weighted by Crippen LogP contribution is 2.43. The minimum atomic E-state index is 0.858. The molecule has 0 radical (unpaired) electrons. The highest BCUT2D eigenvalue weighted by molar-refractivity contribution is 6.15. The Labute approximate surface area is 314 Å². The molecule has 0 spiro atoms. The third-order valence-electron chi connectivity index (χ3n) is 10.8. The van der Waals surface area contributed by atoms with Crippen LogP contribution in [0.5, 0.6) is 0 Å². The normalized spacial score (nSPS) is 11.7. The second kappa shape index (κ2) is 12.4. The number of hydrogen-bond donors (Lipinski definition) is 0. The van der Waals surface area contributed by atoms with Gasteiger partial charge in [-0.05, 0) is 135 Å². The standard InChI is InChI=1S/C50H38N2O2/c1-31-13-17-37(18-14-31)51(45-11-7-5-9-33(45)3)39-21-23-41-43-25-35-28-48-44(26-36(35)27-47(43)53-49(41)29-39)42-24-22-40(30-50(42)54-48)52(38-19-15-32(2)16-20-38)46-12-8-6-10-34(46)4/h5-30H,1-4H3. The van der Waals surface area contributed by atoms with E-state index in [-0.39, 0.29) is 0 Å². The van der Waals surface area contributed by atoms with Gasteiger partial charge in [-0.25, -0.2) is 0 Å². The molecule has 0 unspecified atom stereocenters. The van der Waals surface area contributed by atoms with Gasteiger partial charge in [-0.3, -0.25) is 0 Å². The summed E-state index contributed by atoms with van der Waals surface area (Å²) in [6, 6.07) is 56.4. The molecule has 0 saturated carbocycles. The Morgan fingerprint density at radius 1 is 0.333 bits per heavy atom. The van der Waals surface area contributed by atoms with Crippen LogP contribution in [0.1, 0.15) is 22.3 Å². The lowest BCUT2D eigenvalue weighted by Crippen LogP contribution is -2.11. The predicted molar refractivity (Wildman–Crippen MR) is 227 cm³/mol. The van der Waals surface area contributed by atoms with Crippen LogP contribution < -0.4 is 9.80 Å². The first-order valence-electron chi connectivity index (χ1n) is 18.5. The van der Waals surface area contributed by atoms with E-state index in [4.69, 9.17) is 8.83 Å². The summed E-state index contributed by atoms with van der Waals surface area (Å²) >= 11 is 0. The number of benzene rings is 8. The first-order chi connectivity index (χ1) is 26.4. The van der Waals surface area contributed by atoms with Crippen molar-refractivity contribution in [3.8, 4) is 0 Å². The van der Waals surface area contributed by atoms with Gasteiger partial charge in [0.2, 0.25) is 0 Å². The number of hydrogen-bond acceptors (Lipinski definition) is 4. The van der Waals surface area contributed by atoms with Crippen LogP contribution in [0.25, 0.3) is 54.6 Å². The summed E-state index contributed by atoms with van der Waals surface area (Å²) in [6.07, 6.45) is 0. The molecule has 0 bridgehead atoms. The lowest BCUT2D eigenvalue weighted by molar-refractivity contribution is 0.668. The summed E-state index contributed by atoms with van der Waals surface area (Å²) < 4.78 is 13.3. The average Bonchev–Trinajstić information content (AvgIpc) is 3.72. The maximum atomic E-state index is 6.64. The fourth-order valence-corrected chi connectivity index (χ4v) is 7.92. The number of anilines is 6. The van der Waals surface area contributed by atoms with Crippen molar-refractivity contribution in [3.05, 3.63) is 180 Å². The summed E-state index contributed by atoms with van der Waals surface area (Å²) in [5.41, 5.74) is 14.9. The Hall–Kier alpha value is -6.78.